The van der Waals surface area contributed by atoms with Gasteiger partial charge in [-0.25, -0.2) is 4.57 Å². The third kappa shape index (κ3) is 7.96. The molecule has 0 fully saturated rings. The second kappa shape index (κ2) is 11.4. The van der Waals surface area contributed by atoms with Gasteiger partial charge in [0.05, 0.1) is 3.91 Å². The van der Waals surface area contributed by atoms with Gasteiger partial charge in [0.25, 0.3) is 0 Å². The van der Waals surface area contributed by atoms with Gasteiger partial charge in [-0.15, -0.1) is 0 Å². The molecule has 1 aromatic rings. The van der Waals surface area contributed by atoms with Crippen LogP contribution >= 0.6 is 0 Å². The number of halogens is 9. The van der Waals surface area contributed by atoms with E-state index in [1.54, 1.807) is 0 Å². The molecule has 1 aromatic heterocycles. The van der Waals surface area contributed by atoms with Gasteiger partial charge in [-0.2, -0.15) is 39.5 Å². The highest BCUT2D eigenvalue weighted by Crippen LogP contribution is 2.47. The van der Waals surface area contributed by atoms with Crippen molar-refractivity contribution in [3.8, 4) is 0 Å². The van der Waals surface area contributed by atoms with Crippen molar-refractivity contribution in [3.63, 3.8) is 0 Å². The van der Waals surface area contributed by atoms with Crippen molar-refractivity contribution < 1.29 is 69.3 Å². The fourth-order valence-electron chi connectivity index (χ4n) is 2.02. The van der Waals surface area contributed by atoms with Crippen LogP contribution in [-0.2, 0) is 36.1 Å². The average Bonchev–Trinajstić information content (AvgIpc) is 2.63. The van der Waals surface area contributed by atoms with Crippen molar-refractivity contribution in [1.82, 2.24) is 0 Å². The van der Waals surface area contributed by atoms with Gasteiger partial charge in [-0.3, -0.25) is 25.3 Å². The Morgan fingerprint density at radius 1 is 0.618 bits per heavy atom. The molecule has 0 saturated heterocycles. The first-order valence-electron chi connectivity index (χ1n) is 8.80. The van der Waals surface area contributed by atoms with E-state index in [0.29, 0.717) is 0 Å². The summed E-state index contributed by atoms with van der Waals surface area (Å²) in [6.45, 7) is 3.41. The van der Waals surface area contributed by atoms with Crippen LogP contribution in [0, 0.1) is 3.91 Å². The summed E-state index contributed by atoms with van der Waals surface area (Å²) in [6.07, 6.45) is 9.62. The van der Waals surface area contributed by atoms with Gasteiger partial charge < -0.3 is 0 Å². The molecule has 200 valence electrons. The number of aromatic nitrogens is 1. The quantitative estimate of drug-likeness (QED) is 0.202. The fourth-order valence-corrected chi connectivity index (χ4v) is 7.76. The summed E-state index contributed by atoms with van der Waals surface area (Å²) in [7, 11) is -24.1. The summed E-state index contributed by atoms with van der Waals surface area (Å²) in [5, 5.41) is 0. The molecule has 0 saturated carbocycles. The lowest BCUT2D eigenvalue weighted by atomic mass is 10.2. The fraction of sp³-hybridized carbons (Fsp3) is 0.600. The van der Waals surface area contributed by atoms with Crippen LogP contribution < -0.4 is 4.57 Å². The van der Waals surface area contributed by atoms with Crippen LogP contribution in [0.15, 0.2) is 30.6 Å². The maximum atomic E-state index is 12.0. The zero-order valence-electron chi connectivity index (χ0n) is 16.9. The summed E-state index contributed by atoms with van der Waals surface area (Å²) in [5.74, 6) is 0. The minimum absolute atomic E-state index is 1.17. The van der Waals surface area contributed by atoms with E-state index in [4.69, 9.17) is 0 Å². The van der Waals surface area contributed by atoms with Crippen molar-refractivity contribution in [2.75, 3.05) is 0 Å². The Hall–Kier alpha value is -1.63. The number of alkyl halides is 9. The van der Waals surface area contributed by atoms with E-state index in [1.807, 2.05) is 0 Å². The second-order valence-corrected chi connectivity index (χ2v) is 12.7. The largest absolute Gasteiger partial charge is 0.470 e. The summed E-state index contributed by atoms with van der Waals surface area (Å²) in [4.78, 5) is 0. The standard InChI is InChI=1S/C11H18N.C4F9O6S3/c1-2-3-4-6-9-12-10-7-5-8-11-12;5-2(6,7)20(14,15)1(21(16,17)3(8,9)10)22(18,19)4(11,12)13/h5,7-8,10-11H,2-4,6,9H2,1H3;/q+1;-1. The Morgan fingerprint density at radius 2 is 0.971 bits per heavy atom. The molecule has 1 rings (SSSR count). The van der Waals surface area contributed by atoms with Crippen LogP contribution in [-0.4, -0.2) is 41.8 Å². The molecule has 19 heteroatoms. The summed E-state index contributed by atoms with van der Waals surface area (Å²) < 4.78 is 170. The number of pyridine rings is 1. The molecule has 0 aliphatic rings. The second-order valence-electron chi connectivity index (χ2n) is 6.27. The first-order chi connectivity index (χ1) is 15.0. The van der Waals surface area contributed by atoms with Crippen molar-refractivity contribution in [1.29, 1.82) is 0 Å². The van der Waals surface area contributed by atoms with Gasteiger partial charge in [-0.1, -0.05) is 25.8 Å². The minimum Gasteiger partial charge on any atom is -0.251 e. The predicted octanol–water partition coefficient (Wildman–Crippen LogP) is 3.79. The summed E-state index contributed by atoms with van der Waals surface area (Å²) in [5.41, 5.74) is -21.2. The molecule has 0 unspecified atom stereocenters. The molecule has 0 aliphatic carbocycles. The molecule has 0 N–H and O–H groups in total. The van der Waals surface area contributed by atoms with E-state index in [1.165, 1.54) is 32.2 Å². The van der Waals surface area contributed by atoms with Gasteiger partial charge >= 0.3 is 16.5 Å². The Bertz CT molecular complexity index is 990. The van der Waals surface area contributed by atoms with E-state index in [2.05, 4.69) is 42.1 Å². The van der Waals surface area contributed by atoms with Crippen molar-refractivity contribution >= 4 is 29.5 Å². The van der Waals surface area contributed by atoms with Crippen LogP contribution in [0.1, 0.15) is 32.6 Å². The number of rotatable bonds is 8. The monoisotopic (exact) mass is 575 g/mol. The molecule has 34 heavy (non-hydrogen) atoms. The Balaban J connectivity index is 0.000000757. The summed E-state index contributed by atoms with van der Waals surface area (Å²) >= 11 is 0. The molecule has 1 heterocycles. The lowest BCUT2D eigenvalue weighted by Gasteiger charge is -2.31. The van der Waals surface area contributed by atoms with E-state index in [-0.39, 0.29) is 0 Å². The third-order valence-electron chi connectivity index (χ3n) is 3.62. The lowest BCUT2D eigenvalue weighted by Crippen LogP contribution is -2.47. The molecule has 7 nitrogen and oxygen atoms in total. The Labute approximate surface area is 189 Å². The van der Waals surface area contributed by atoms with E-state index in [0.717, 1.165) is 0 Å². The van der Waals surface area contributed by atoms with E-state index < -0.39 is 50.0 Å². The average molecular weight is 575 g/mol. The van der Waals surface area contributed by atoms with Crippen LogP contribution in [0.3, 0.4) is 0 Å². The number of nitrogens with zero attached hydrogens (tertiary/aromatic N) is 1. The van der Waals surface area contributed by atoms with Crippen molar-refractivity contribution in [2.45, 2.75) is 55.7 Å². The van der Waals surface area contributed by atoms with Crippen LogP contribution in [0.2, 0.25) is 0 Å². The van der Waals surface area contributed by atoms with Gasteiger partial charge in [0.1, 0.15) is 6.54 Å². The Morgan fingerprint density at radius 3 is 1.26 bits per heavy atom. The lowest BCUT2D eigenvalue weighted by molar-refractivity contribution is -0.697. The number of aryl methyl sites for hydroxylation is 1. The number of unbranched alkanes of at least 4 members (excludes halogenated alkanes) is 3. The van der Waals surface area contributed by atoms with Crippen LogP contribution in [0.5, 0.6) is 0 Å². The summed E-state index contributed by atoms with van der Waals surface area (Å²) in [6, 6.07) is 6.22. The zero-order chi connectivity index (χ0) is 27.2. The molecule has 0 aromatic carbocycles. The highest BCUT2D eigenvalue weighted by molar-refractivity contribution is 8.29. The number of sulfone groups is 3. The third-order valence-corrected chi connectivity index (χ3v) is 10.7. The topological polar surface area (TPSA) is 106 Å². The molecule has 0 radical (unpaired) electrons. The maximum absolute atomic E-state index is 12.0. The first kappa shape index (κ1) is 32.4. The molecule has 0 amide bonds. The SMILES string of the molecule is CCCCCC[n+]1ccccc1.O=S(=O)([C-](S(=O)(=O)C(F)(F)F)S(=O)(=O)C(F)(F)F)C(F)(F)F. The Kier molecular flexibility index (Phi) is 10.9. The van der Waals surface area contributed by atoms with E-state index in [9.17, 15) is 64.8 Å². The molecule has 0 aliphatic heterocycles. The van der Waals surface area contributed by atoms with Gasteiger partial charge in [0.15, 0.2) is 41.9 Å². The van der Waals surface area contributed by atoms with E-state index >= 15 is 0 Å². The first-order valence-corrected chi connectivity index (χ1v) is 13.2. The number of hydrogen-bond acceptors (Lipinski definition) is 6. The van der Waals surface area contributed by atoms with Crippen molar-refractivity contribution in [3.05, 3.63) is 34.5 Å². The van der Waals surface area contributed by atoms with Crippen LogP contribution in [0.4, 0.5) is 39.5 Å². The number of hydrogen-bond donors (Lipinski definition) is 0. The molecule has 0 spiro atoms. The zero-order valence-corrected chi connectivity index (χ0v) is 19.4. The molecule has 0 bridgehead atoms. The maximum Gasteiger partial charge on any atom is 0.470 e. The smallest absolute Gasteiger partial charge is 0.251 e. The molecule has 0 atom stereocenters. The minimum atomic E-state index is -8.02. The van der Waals surface area contributed by atoms with Crippen molar-refractivity contribution in [2.24, 2.45) is 0 Å². The highest BCUT2D eigenvalue weighted by atomic mass is 32.3. The van der Waals surface area contributed by atoms with Gasteiger partial charge in [0, 0.05) is 18.6 Å². The van der Waals surface area contributed by atoms with Gasteiger partial charge in [-0.05, 0) is 6.42 Å². The highest BCUT2D eigenvalue weighted by Gasteiger charge is 2.63. The predicted molar refractivity (Wildman–Crippen MR) is 98.9 cm³/mol. The van der Waals surface area contributed by atoms with Gasteiger partial charge in [0.2, 0.25) is 0 Å². The van der Waals surface area contributed by atoms with Crippen LogP contribution in [0.25, 0.3) is 0 Å². The molecular formula is C15H18F9NO6S3. The normalized spacial score (nSPS) is 14.0. The molecular weight excluding hydrogens is 557 g/mol.